The van der Waals surface area contributed by atoms with Crippen molar-refractivity contribution in [3.05, 3.63) is 29.8 Å². The van der Waals surface area contributed by atoms with Crippen molar-refractivity contribution < 1.29 is 27.0 Å². The Balaban J connectivity index is 0.000000362. The molecular formula is C12H20FNO4S. The van der Waals surface area contributed by atoms with Crippen LogP contribution in [0, 0.1) is 6.92 Å². The zero-order chi connectivity index (χ0) is 15.1. The average Bonchev–Trinajstić information content (AvgIpc) is 2.29. The molecule has 0 atom stereocenters. The van der Waals surface area contributed by atoms with E-state index in [0.29, 0.717) is 6.54 Å². The Morgan fingerprint density at radius 1 is 1.26 bits per heavy atom. The van der Waals surface area contributed by atoms with Gasteiger partial charge >= 0.3 is 0 Å². The predicted octanol–water partition coefficient (Wildman–Crippen LogP) is 0.881. The summed E-state index contributed by atoms with van der Waals surface area (Å²) in [5.41, 5.74) is 0.928. The first-order chi connectivity index (χ1) is 8.62. The van der Waals surface area contributed by atoms with Crippen LogP contribution >= 0.6 is 0 Å². The molecule has 0 spiro atoms. The second-order valence-corrected chi connectivity index (χ2v) is 6.15. The quantitative estimate of drug-likeness (QED) is 0.508. The van der Waals surface area contributed by atoms with E-state index in [2.05, 4.69) is 0 Å². The van der Waals surface area contributed by atoms with E-state index in [1.54, 1.807) is 26.2 Å². The molecule has 0 aliphatic heterocycles. The molecule has 1 rings (SSSR count). The van der Waals surface area contributed by atoms with Crippen molar-refractivity contribution in [2.24, 2.45) is 0 Å². The van der Waals surface area contributed by atoms with E-state index < -0.39 is 16.9 Å². The summed E-state index contributed by atoms with van der Waals surface area (Å²) in [6, 6.07) is 5.78. The Morgan fingerprint density at radius 2 is 1.74 bits per heavy atom. The predicted molar refractivity (Wildman–Crippen MR) is 69.2 cm³/mol. The van der Waals surface area contributed by atoms with Crippen LogP contribution in [0.2, 0.25) is 0 Å². The minimum Gasteiger partial charge on any atom is -0.744 e. The lowest BCUT2D eigenvalue weighted by molar-refractivity contribution is -0.903. The van der Waals surface area contributed by atoms with Gasteiger partial charge in [0.1, 0.15) is 16.7 Å². The summed E-state index contributed by atoms with van der Waals surface area (Å²) < 4.78 is 43.2. The standard InChI is InChI=1S/C7H8O3S.C5H13FNO/c1-6-2-4-7(5-3-6)11(8,9)10;1-7(2,5-6)3-4-8/h2-5H,1H3,(H,8,9,10);8H,3-5H2,1-2H3/q;+1/p-1. The van der Waals surface area contributed by atoms with Crippen LogP contribution in [0.3, 0.4) is 0 Å². The fourth-order valence-corrected chi connectivity index (χ4v) is 1.50. The summed E-state index contributed by atoms with van der Waals surface area (Å²) >= 11 is 0. The van der Waals surface area contributed by atoms with Gasteiger partial charge in [-0.2, -0.15) is 4.39 Å². The number of rotatable bonds is 4. The molecule has 1 N–H and O–H groups in total. The Labute approximate surface area is 113 Å². The van der Waals surface area contributed by atoms with E-state index in [9.17, 15) is 17.4 Å². The third-order valence-electron chi connectivity index (χ3n) is 2.34. The SMILES string of the molecule is C[N+](C)(CF)CCO.Cc1ccc(S(=O)(=O)[O-])cc1. The van der Waals surface area contributed by atoms with Gasteiger partial charge in [0.15, 0.2) is 0 Å². The van der Waals surface area contributed by atoms with E-state index in [1.807, 2.05) is 6.92 Å². The summed E-state index contributed by atoms with van der Waals surface area (Å²) in [6.45, 7) is 1.94. The van der Waals surface area contributed by atoms with Crippen molar-refractivity contribution in [2.75, 3.05) is 34.0 Å². The van der Waals surface area contributed by atoms with Crippen LogP contribution in [0.5, 0.6) is 0 Å². The van der Waals surface area contributed by atoms with E-state index in [1.165, 1.54) is 12.1 Å². The van der Waals surface area contributed by atoms with Gasteiger partial charge in [0, 0.05) is 0 Å². The Hall–Kier alpha value is -1.02. The van der Waals surface area contributed by atoms with Gasteiger partial charge in [0.2, 0.25) is 6.80 Å². The number of halogens is 1. The fraction of sp³-hybridized carbons (Fsp3) is 0.500. The highest BCUT2D eigenvalue weighted by Crippen LogP contribution is 2.08. The minimum absolute atomic E-state index is 0.0525. The minimum atomic E-state index is -4.27. The highest BCUT2D eigenvalue weighted by Gasteiger charge is 2.11. The van der Waals surface area contributed by atoms with Crippen LogP contribution in [0.25, 0.3) is 0 Å². The maximum absolute atomic E-state index is 11.8. The molecule has 19 heavy (non-hydrogen) atoms. The molecule has 5 nitrogen and oxygen atoms in total. The number of hydrogen-bond donors (Lipinski definition) is 1. The smallest absolute Gasteiger partial charge is 0.221 e. The van der Waals surface area contributed by atoms with Crippen molar-refractivity contribution in [3.63, 3.8) is 0 Å². The van der Waals surface area contributed by atoms with E-state index in [4.69, 9.17) is 5.11 Å². The van der Waals surface area contributed by atoms with Crippen molar-refractivity contribution >= 4 is 10.1 Å². The molecule has 0 saturated carbocycles. The number of benzene rings is 1. The zero-order valence-electron chi connectivity index (χ0n) is 11.3. The van der Waals surface area contributed by atoms with Gasteiger partial charge in [0.05, 0.1) is 25.6 Å². The number of aliphatic hydroxyl groups is 1. The second kappa shape index (κ2) is 7.54. The van der Waals surface area contributed by atoms with Crippen LogP contribution < -0.4 is 0 Å². The number of aliphatic hydroxyl groups excluding tert-OH is 1. The summed E-state index contributed by atoms with van der Waals surface area (Å²) in [6.07, 6.45) is 0. The van der Waals surface area contributed by atoms with Gasteiger partial charge in [-0.25, -0.2) is 8.42 Å². The molecule has 0 bridgehead atoms. The van der Waals surface area contributed by atoms with Gasteiger partial charge in [0.25, 0.3) is 0 Å². The lowest BCUT2D eigenvalue weighted by Gasteiger charge is -2.24. The Morgan fingerprint density at radius 3 is 2.00 bits per heavy atom. The zero-order valence-corrected chi connectivity index (χ0v) is 12.2. The first-order valence-corrected chi connectivity index (χ1v) is 7.04. The van der Waals surface area contributed by atoms with Crippen LogP contribution in [0.15, 0.2) is 29.2 Å². The molecule has 0 heterocycles. The van der Waals surface area contributed by atoms with Crippen molar-refractivity contribution in [2.45, 2.75) is 11.8 Å². The van der Waals surface area contributed by atoms with Crippen LogP contribution in [0.1, 0.15) is 5.56 Å². The van der Waals surface area contributed by atoms with Gasteiger partial charge in [-0.05, 0) is 19.1 Å². The number of aryl methyl sites for hydroxylation is 1. The summed E-state index contributed by atoms with van der Waals surface area (Å²) in [7, 11) is -0.805. The Bertz CT molecular complexity index is 471. The van der Waals surface area contributed by atoms with Crippen LogP contribution in [-0.4, -0.2) is 56.6 Å². The van der Waals surface area contributed by atoms with Gasteiger partial charge in [-0.3, -0.25) is 0 Å². The highest BCUT2D eigenvalue weighted by atomic mass is 32.2. The second-order valence-electron chi connectivity index (χ2n) is 4.77. The van der Waals surface area contributed by atoms with Crippen molar-refractivity contribution in [1.82, 2.24) is 0 Å². The summed E-state index contributed by atoms with van der Waals surface area (Å²) in [4.78, 5) is -0.178. The van der Waals surface area contributed by atoms with Gasteiger partial charge in [-0.15, -0.1) is 0 Å². The van der Waals surface area contributed by atoms with Gasteiger partial charge < -0.3 is 14.1 Å². The molecule has 1 aromatic carbocycles. The molecule has 0 aliphatic rings. The molecule has 1 aromatic rings. The monoisotopic (exact) mass is 293 g/mol. The first-order valence-electron chi connectivity index (χ1n) is 5.64. The van der Waals surface area contributed by atoms with Crippen molar-refractivity contribution in [3.8, 4) is 0 Å². The lowest BCUT2D eigenvalue weighted by Crippen LogP contribution is -2.40. The molecule has 0 saturated heterocycles. The average molecular weight is 293 g/mol. The third-order valence-corrected chi connectivity index (χ3v) is 3.19. The molecule has 7 heteroatoms. The molecule has 0 aromatic heterocycles. The molecule has 0 amide bonds. The Kier molecular flexibility index (Phi) is 7.14. The molecule has 0 aliphatic carbocycles. The van der Waals surface area contributed by atoms with Crippen LogP contribution in [-0.2, 0) is 10.1 Å². The summed E-state index contributed by atoms with van der Waals surface area (Å²) in [5, 5.41) is 8.35. The number of quaternary nitrogens is 1. The fourth-order valence-electron chi connectivity index (χ4n) is 1.04. The topological polar surface area (TPSA) is 77.4 Å². The summed E-state index contributed by atoms with van der Waals surface area (Å²) in [5.74, 6) is 0. The number of likely N-dealkylation sites (N-methyl/N-ethyl adjacent to an activating group) is 1. The normalized spacial score (nSPS) is 11.7. The van der Waals surface area contributed by atoms with Crippen LogP contribution in [0.4, 0.5) is 4.39 Å². The highest BCUT2D eigenvalue weighted by molar-refractivity contribution is 7.85. The molecule has 0 unspecified atom stereocenters. The largest absolute Gasteiger partial charge is 0.744 e. The first kappa shape index (κ1) is 18.0. The third kappa shape index (κ3) is 7.89. The molecule has 0 radical (unpaired) electrons. The van der Waals surface area contributed by atoms with Crippen molar-refractivity contribution in [1.29, 1.82) is 0 Å². The maximum atomic E-state index is 11.8. The number of nitrogens with zero attached hydrogens (tertiary/aromatic N) is 1. The number of hydrogen-bond acceptors (Lipinski definition) is 4. The van der Waals surface area contributed by atoms with Gasteiger partial charge in [-0.1, -0.05) is 17.7 Å². The van der Waals surface area contributed by atoms with E-state index in [0.717, 1.165) is 5.56 Å². The molecular weight excluding hydrogens is 273 g/mol. The lowest BCUT2D eigenvalue weighted by atomic mass is 10.2. The molecule has 0 fully saturated rings. The van der Waals surface area contributed by atoms with E-state index >= 15 is 0 Å². The number of alkyl halides is 1. The van der Waals surface area contributed by atoms with E-state index in [-0.39, 0.29) is 16.0 Å². The molecule has 110 valence electrons. The maximum Gasteiger partial charge on any atom is 0.221 e.